The minimum absolute atomic E-state index is 0.00512. The second kappa shape index (κ2) is 22.5. The first-order valence-corrected chi connectivity index (χ1v) is 25.6. The molecule has 10 rings (SSSR count). The second-order valence-corrected chi connectivity index (χ2v) is 19.5. The zero-order chi connectivity index (χ0) is 53.0. The highest BCUT2D eigenvalue weighted by Gasteiger charge is 2.45. The Bertz CT molecular complexity index is 3370. The van der Waals surface area contributed by atoms with Crippen molar-refractivity contribution in [2.24, 2.45) is 7.05 Å². The number of nitrogens with zero attached hydrogens (tertiary/aromatic N) is 6. The number of benzene rings is 3. The zero-order valence-corrected chi connectivity index (χ0v) is 42.0. The molecule has 1 aliphatic carbocycles. The van der Waals surface area contributed by atoms with E-state index in [0.717, 1.165) is 61.7 Å². The molecule has 2 saturated heterocycles. The van der Waals surface area contributed by atoms with Crippen LogP contribution in [-0.2, 0) is 43.9 Å². The summed E-state index contributed by atoms with van der Waals surface area (Å²) in [5.41, 5.74) is 4.27. The molecule has 76 heavy (non-hydrogen) atoms. The van der Waals surface area contributed by atoms with E-state index in [4.69, 9.17) is 9.47 Å². The average Bonchev–Trinajstić information content (AvgIpc) is 4.24. The molecule has 1 unspecified atom stereocenters. The van der Waals surface area contributed by atoms with Crippen LogP contribution in [0.25, 0.3) is 27.6 Å². The maximum Gasteiger partial charge on any atom is 0.274 e. The number of hydrogen-bond acceptors (Lipinski definition) is 14. The third-order valence-electron chi connectivity index (χ3n) is 14.5. The largest absolute Gasteiger partial charge is 0.392 e. The van der Waals surface area contributed by atoms with Crippen LogP contribution >= 0.6 is 0 Å². The molecule has 6 aromatic rings. The predicted molar refractivity (Wildman–Crippen MR) is 280 cm³/mol. The van der Waals surface area contributed by atoms with Gasteiger partial charge in [-0.05, 0) is 96.1 Å². The van der Waals surface area contributed by atoms with Crippen LogP contribution in [0.2, 0.25) is 0 Å². The highest BCUT2D eigenvalue weighted by molar-refractivity contribution is 6.24. The minimum Gasteiger partial charge on any atom is -0.392 e. The lowest BCUT2D eigenvalue weighted by Crippen LogP contribution is -2.54. The molecule has 3 aromatic carbocycles. The van der Waals surface area contributed by atoms with Gasteiger partial charge in [-0.2, -0.15) is 0 Å². The van der Waals surface area contributed by atoms with E-state index in [0.29, 0.717) is 64.9 Å². The van der Waals surface area contributed by atoms with Gasteiger partial charge in [-0.1, -0.05) is 30.3 Å². The van der Waals surface area contributed by atoms with Gasteiger partial charge < -0.3 is 34.7 Å². The Morgan fingerprint density at radius 3 is 2.38 bits per heavy atom. The number of carbonyl (C=O) groups excluding carboxylic acids is 5. The molecule has 3 aromatic heterocycles. The normalized spacial score (nSPS) is 16.9. The van der Waals surface area contributed by atoms with E-state index in [1.165, 1.54) is 21.3 Å². The standard InChI is InChI=1S/C56H58FN9O10/c1-62-32-38(40-5-3-7-45(42(40)33-67)65-18-16-36-28-37(34-8-9-34)29-43(57)51(36)55(65)73)30-44(54(62)72)60-47-13-11-39(31-59-47)64-21-19-63(20-22-64)23-25-76-27-26-75-24-17-58-48(68)14-10-35-4-2-6-41-50(35)56(74)66(53(41)71)46-12-15-49(69)61-52(46)70/h2-7,11,13,16,18,28-32,34,46,67H,8-10,12,14-15,17,19-27,33H2,1H3,(H,58,68)(H,59,60)(H,61,69,70). The van der Waals surface area contributed by atoms with Gasteiger partial charge >= 0.3 is 0 Å². The van der Waals surface area contributed by atoms with Crippen LogP contribution in [0.5, 0.6) is 0 Å². The van der Waals surface area contributed by atoms with E-state index in [1.807, 2.05) is 24.3 Å². The monoisotopic (exact) mass is 1040 g/mol. The summed E-state index contributed by atoms with van der Waals surface area (Å²) in [5.74, 6) is -2.31. The summed E-state index contributed by atoms with van der Waals surface area (Å²) in [5, 5.41) is 19.4. The van der Waals surface area contributed by atoms with Gasteiger partial charge in [-0.3, -0.25) is 53.2 Å². The average molecular weight is 1040 g/mol. The molecule has 5 amide bonds. The molecular formula is C56H58FN9O10. The van der Waals surface area contributed by atoms with Crippen LogP contribution in [0.15, 0.2) is 101 Å². The number of carbonyl (C=O) groups is 5. The van der Waals surface area contributed by atoms with Crippen LogP contribution < -0.4 is 32.0 Å². The molecule has 3 fully saturated rings. The van der Waals surface area contributed by atoms with Gasteiger partial charge in [-0.15, -0.1) is 0 Å². The smallest absolute Gasteiger partial charge is 0.274 e. The van der Waals surface area contributed by atoms with E-state index in [2.05, 4.69) is 30.7 Å². The van der Waals surface area contributed by atoms with Gasteiger partial charge in [0.1, 0.15) is 23.4 Å². The van der Waals surface area contributed by atoms with E-state index in [1.54, 1.807) is 62.0 Å². The summed E-state index contributed by atoms with van der Waals surface area (Å²) in [6, 6.07) is 19.6. The number of aryl methyl sites for hydroxylation is 2. The maximum absolute atomic E-state index is 15.4. The highest BCUT2D eigenvalue weighted by atomic mass is 19.1. The van der Waals surface area contributed by atoms with Crippen molar-refractivity contribution >= 4 is 57.5 Å². The Morgan fingerprint density at radius 1 is 0.855 bits per heavy atom. The first-order valence-electron chi connectivity index (χ1n) is 25.6. The molecule has 394 valence electrons. The number of fused-ring (bicyclic) bond motifs is 2. The third kappa shape index (κ3) is 10.9. The van der Waals surface area contributed by atoms with Crippen LogP contribution in [-0.4, -0.2) is 130 Å². The van der Waals surface area contributed by atoms with Crippen molar-refractivity contribution in [3.05, 3.63) is 146 Å². The number of aromatic nitrogens is 3. The lowest BCUT2D eigenvalue weighted by molar-refractivity contribution is -0.136. The van der Waals surface area contributed by atoms with Crippen molar-refractivity contribution < 1.29 is 42.9 Å². The molecule has 19 nitrogen and oxygen atoms in total. The Hall–Kier alpha value is -7.91. The number of hydrogen-bond donors (Lipinski definition) is 4. The molecule has 6 heterocycles. The number of aliphatic hydroxyl groups is 1. The van der Waals surface area contributed by atoms with Gasteiger partial charge in [0.05, 0.1) is 67.1 Å². The van der Waals surface area contributed by atoms with Crippen molar-refractivity contribution in [2.75, 3.05) is 75.9 Å². The Kier molecular flexibility index (Phi) is 15.3. The summed E-state index contributed by atoms with van der Waals surface area (Å²) in [4.78, 5) is 100. The number of ether oxygens (including phenoxy) is 2. The predicted octanol–water partition coefficient (Wildman–Crippen LogP) is 4.31. The number of amides is 5. The molecule has 1 saturated carbocycles. The van der Waals surface area contributed by atoms with E-state index < -0.39 is 47.7 Å². The van der Waals surface area contributed by atoms with Gasteiger partial charge in [0.2, 0.25) is 17.7 Å². The van der Waals surface area contributed by atoms with Crippen molar-refractivity contribution in [3.8, 4) is 16.8 Å². The summed E-state index contributed by atoms with van der Waals surface area (Å²) < 4.78 is 29.7. The van der Waals surface area contributed by atoms with Crippen LogP contribution in [0.4, 0.5) is 21.6 Å². The lowest BCUT2D eigenvalue weighted by atomic mass is 9.98. The zero-order valence-electron chi connectivity index (χ0n) is 42.0. The summed E-state index contributed by atoms with van der Waals surface area (Å²) in [6.07, 6.45) is 7.46. The van der Waals surface area contributed by atoms with Crippen molar-refractivity contribution in [1.29, 1.82) is 0 Å². The molecule has 4 aliphatic rings. The van der Waals surface area contributed by atoms with Gasteiger partial charge in [0.25, 0.3) is 22.9 Å². The quantitative estimate of drug-likeness (QED) is 0.0618. The number of pyridine rings is 3. The van der Waals surface area contributed by atoms with Crippen LogP contribution in [0.3, 0.4) is 0 Å². The van der Waals surface area contributed by atoms with Crippen molar-refractivity contribution in [2.45, 2.75) is 57.1 Å². The first kappa shape index (κ1) is 51.6. The highest BCUT2D eigenvalue weighted by Crippen LogP contribution is 2.41. The number of piperazine rings is 1. The molecule has 20 heteroatoms. The number of nitrogens with one attached hydrogen (secondary N) is 3. The maximum atomic E-state index is 15.4. The van der Waals surface area contributed by atoms with Crippen molar-refractivity contribution in [1.82, 2.24) is 34.6 Å². The topological polar surface area (TPSA) is 227 Å². The lowest BCUT2D eigenvalue weighted by Gasteiger charge is -2.35. The number of aliphatic hydroxyl groups excluding tert-OH is 1. The van der Waals surface area contributed by atoms with Crippen LogP contribution in [0.1, 0.15) is 75.4 Å². The number of anilines is 3. The van der Waals surface area contributed by atoms with Gasteiger partial charge in [0.15, 0.2) is 0 Å². The summed E-state index contributed by atoms with van der Waals surface area (Å²) in [6.45, 7) is 5.43. The summed E-state index contributed by atoms with van der Waals surface area (Å²) in [7, 11) is 1.64. The van der Waals surface area contributed by atoms with Crippen LogP contribution in [0, 0.1) is 5.82 Å². The number of imide groups is 2. The molecule has 0 spiro atoms. The minimum atomic E-state index is -1.06. The van der Waals surface area contributed by atoms with E-state index in [-0.39, 0.29) is 72.5 Å². The molecule has 0 radical (unpaired) electrons. The Balaban J connectivity index is 0.639. The number of piperidine rings is 1. The first-order chi connectivity index (χ1) is 36.9. The van der Waals surface area contributed by atoms with Crippen molar-refractivity contribution in [3.63, 3.8) is 0 Å². The second-order valence-electron chi connectivity index (χ2n) is 19.5. The Morgan fingerprint density at radius 2 is 1.63 bits per heavy atom. The fourth-order valence-corrected chi connectivity index (χ4v) is 10.3. The fraction of sp³-hybridized carbons (Fsp3) is 0.357. The molecule has 4 N–H and O–H groups in total. The molecule has 0 bridgehead atoms. The fourth-order valence-electron chi connectivity index (χ4n) is 10.3. The van der Waals surface area contributed by atoms with E-state index in [9.17, 15) is 38.7 Å². The Labute approximate surface area is 436 Å². The molecule has 1 atom stereocenters. The SMILES string of the molecule is Cn1cc(-c2cccc(-n3ccc4cc(C5CC5)cc(F)c4c3=O)c2CO)cc(Nc2ccc(N3CCN(CCOCCOCCNC(=O)CCc4cccc5c4C(=O)N(C4CCC(=O)NC4=O)C5=O)CC3)cn2)c1=O. The number of halogens is 1. The summed E-state index contributed by atoms with van der Waals surface area (Å²) >= 11 is 0. The molecular weight excluding hydrogens is 978 g/mol. The van der Waals surface area contributed by atoms with Gasteiger partial charge in [-0.25, -0.2) is 9.37 Å². The third-order valence-corrected chi connectivity index (χ3v) is 14.5. The molecule has 3 aliphatic heterocycles. The van der Waals surface area contributed by atoms with Gasteiger partial charge in [0, 0.05) is 82.7 Å². The number of rotatable bonds is 20. The van der Waals surface area contributed by atoms with E-state index >= 15 is 4.39 Å².